The monoisotopic (exact) mass is 482 g/mol. The van der Waals surface area contributed by atoms with Gasteiger partial charge in [-0.2, -0.15) is 8.42 Å². The molecule has 0 radical (unpaired) electrons. The van der Waals surface area contributed by atoms with Crippen molar-refractivity contribution in [1.82, 2.24) is 15.2 Å². The summed E-state index contributed by atoms with van der Waals surface area (Å²) >= 11 is 0. The van der Waals surface area contributed by atoms with E-state index in [2.05, 4.69) is 15.2 Å². The van der Waals surface area contributed by atoms with Gasteiger partial charge in [-0.1, -0.05) is 6.07 Å². The second-order valence-electron chi connectivity index (χ2n) is 7.20. The number of hydrogen-bond acceptors (Lipinski definition) is 9. The van der Waals surface area contributed by atoms with E-state index in [-0.39, 0.29) is 0 Å². The predicted octanol–water partition coefficient (Wildman–Crippen LogP) is 0.907. The Morgan fingerprint density at radius 3 is 2.52 bits per heavy atom. The Hall–Kier alpha value is -2.77. The summed E-state index contributed by atoms with van der Waals surface area (Å²) in [4.78, 5) is 17.6. The third kappa shape index (κ3) is 10.6. The quantitative estimate of drug-likeness (QED) is 0.347. The Morgan fingerprint density at radius 2 is 1.94 bits per heavy atom. The van der Waals surface area contributed by atoms with Crippen molar-refractivity contribution >= 4 is 16.0 Å². The minimum absolute atomic E-state index is 0.331. The Balaban J connectivity index is 0.000000696. The lowest BCUT2D eigenvalue weighted by Gasteiger charge is -2.26. The van der Waals surface area contributed by atoms with Gasteiger partial charge in [0.2, 0.25) is 11.8 Å². The third-order valence-electron chi connectivity index (χ3n) is 4.50. The van der Waals surface area contributed by atoms with Gasteiger partial charge >= 0.3 is 0 Å². The van der Waals surface area contributed by atoms with Gasteiger partial charge in [-0.15, -0.1) is 0 Å². The molecule has 2 heterocycles. The molecule has 0 saturated carbocycles. The van der Waals surface area contributed by atoms with E-state index < -0.39 is 16.0 Å². The van der Waals surface area contributed by atoms with Crippen molar-refractivity contribution in [3.05, 3.63) is 47.7 Å². The number of aromatic nitrogens is 1. The number of nitrogens with zero attached hydrogens (tertiary/aromatic N) is 2. The average Bonchev–Trinajstić information content (AvgIpc) is 2.77. The molecule has 0 bridgehead atoms. The molecule has 12 heteroatoms. The highest BCUT2D eigenvalue weighted by molar-refractivity contribution is 7.85. The van der Waals surface area contributed by atoms with E-state index >= 15 is 0 Å². The zero-order valence-corrected chi connectivity index (χ0v) is 19.5. The second-order valence-corrected chi connectivity index (χ2v) is 8.67. The number of morpholine rings is 1. The molecule has 33 heavy (non-hydrogen) atoms. The number of carbonyl (C=O) groups is 1. The van der Waals surface area contributed by atoms with Gasteiger partial charge in [-0.25, -0.2) is 4.98 Å². The Morgan fingerprint density at radius 1 is 1.24 bits per heavy atom. The first-order valence-corrected chi connectivity index (χ1v) is 12.0. The van der Waals surface area contributed by atoms with Gasteiger partial charge in [0, 0.05) is 45.0 Å². The SMILES string of the molecule is COc1cc(CNCCN2CCOCC2)ccc1Oc1ccc(C(N)=O)cn1.CS(=O)(=O)O. The molecule has 1 fully saturated rings. The molecular weight excluding hydrogens is 452 g/mol. The molecular formula is C21H30N4O7S. The van der Waals surface area contributed by atoms with Gasteiger partial charge in [0.05, 0.1) is 32.1 Å². The van der Waals surface area contributed by atoms with Crippen molar-refractivity contribution in [2.24, 2.45) is 5.73 Å². The van der Waals surface area contributed by atoms with Gasteiger partial charge in [0.1, 0.15) is 0 Å². The molecule has 0 atom stereocenters. The number of amides is 1. The number of benzene rings is 1. The van der Waals surface area contributed by atoms with Gasteiger partial charge in [-0.05, 0) is 23.8 Å². The zero-order valence-electron chi connectivity index (χ0n) is 18.7. The van der Waals surface area contributed by atoms with E-state index in [0.29, 0.717) is 29.2 Å². The summed E-state index contributed by atoms with van der Waals surface area (Å²) in [7, 11) is -2.07. The van der Waals surface area contributed by atoms with Crippen molar-refractivity contribution in [3.63, 3.8) is 0 Å². The van der Waals surface area contributed by atoms with Crippen LogP contribution in [0.1, 0.15) is 15.9 Å². The van der Waals surface area contributed by atoms with E-state index in [4.69, 9.17) is 24.5 Å². The zero-order chi connectivity index (χ0) is 24.3. The van der Waals surface area contributed by atoms with Crippen molar-refractivity contribution in [2.75, 3.05) is 52.8 Å². The maximum Gasteiger partial charge on any atom is 0.261 e. The average molecular weight is 483 g/mol. The molecule has 2 aromatic rings. The highest BCUT2D eigenvalue weighted by Gasteiger charge is 2.11. The Labute approximate surface area is 193 Å². The van der Waals surface area contributed by atoms with Crippen LogP contribution >= 0.6 is 0 Å². The summed E-state index contributed by atoms with van der Waals surface area (Å²) in [6.45, 7) is 6.29. The van der Waals surface area contributed by atoms with Gasteiger partial charge < -0.3 is 25.3 Å². The fourth-order valence-electron chi connectivity index (χ4n) is 2.90. The molecule has 0 unspecified atom stereocenters. The summed E-state index contributed by atoms with van der Waals surface area (Å²) < 4.78 is 42.4. The molecule has 4 N–H and O–H groups in total. The number of ether oxygens (including phenoxy) is 3. The number of rotatable bonds is 9. The lowest BCUT2D eigenvalue weighted by molar-refractivity contribution is 0.0384. The lowest BCUT2D eigenvalue weighted by atomic mass is 10.2. The van der Waals surface area contributed by atoms with Crippen LogP contribution in [-0.4, -0.2) is 81.5 Å². The van der Waals surface area contributed by atoms with E-state index in [0.717, 1.165) is 51.5 Å². The summed E-state index contributed by atoms with van der Waals surface area (Å²) in [5.41, 5.74) is 6.65. The largest absolute Gasteiger partial charge is 0.493 e. The Bertz CT molecular complexity index is 986. The topological polar surface area (TPSA) is 153 Å². The highest BCUT2D eigenvalue weighted by Crippen LogP contribution is 2.31. The molecule has 1 aromatic carbocycles. The Kier molecular flexibility index (Phi) is 10.5. The van der Waals surface area contributed by atoms with E-state index in [9.17, 15) is 13.2 Å². The number of hydrogen-bond donors (Lipinski definition) is 3. The number of nitrogens with two attached hydrogens (primary N) is 1. The molecule has 182 valence electrons. The molecule has 0 spiro atoms. The molecule has 1 aliphatic heterocycles. The third-order valence-corrected chi connectivity index (χ3v) is 4.50. The molecule has 1 aliphatic rings. The smallest absolute Gasteiger partial charge is 0.261 e. The highest BCUT2D eigenvalue weighted by atomic mass is 32.2. The normalized spacial score (nSPS) is 14.2. The van der Waals surface area contributed by atoms with Crippen molar-refractivity contribution < 1.29 is 32.0 Å². The van der Waals surface area contributed by atoms with Crippen molar-refractivity contribution in [2.45, 2.75) is 6.54 Å². The van der Waals surface area contributed by atoms with Crippen LogP contribution in [0.4, 0.5) is 0 Å². The number of carbonyl (C=O) groups excluding carboxylic acids is 1. The minimum Gasteiger partial charge on any atom is -0.493 e. The van der Waals surface area contributed by atoms with E-state index in [1.165, 1.54) is 6.20 Å². The maximum absolute atomic E-state index is 11.1. The fraction of sp³-hybridized carbons (Fsp3) is 0.429. The van der Waals surface area contributed by atoms with Crippen LogP contribution < -0.4 is 20.5 Å². The number of primary amides is 1. The summed E-state index contributed by atoms with van der Waals surface area (Å²) in [6.07, 6.45) is 2.10. The van der Waals surface area contributed by atoms with Crippen molar-refractivity contribution in [3.8, 4) is 17.4 Å². The minimum atomic E-state index is -3.67. The van der Waals surface area contributed by atoms with Gasteiger partial charge in [0.15, 0.2) is 11.5 Å². The van der Waals surface area contributed by atoms with Crippen molar-refractivity contribution in [1.29, 1.82) is 0 Å². The first-order chi connectivity index (χ1) is 15.7. The molecule has 3 rings (SSSR count). The number of nitrogens with one attached hydrogen (secondary N) is 1. The van der Waals surface area contributed by atoms with Crippen LogP contribution in [0.2, 0.25) is 0 Å². The first-order valence-electron chi connectivity index (χ1n) is 10.2. The van der Waals surface area contributed by atoms with Gasteiger partial charge in [0.25, 0.3) is 10.1 Å². The first kappa shape index (κ1) is 26.5. The molecule has 11 nitrogen and oxygen atoms in total. The predicted molar refractivity (Wildman–Crippen MR) is 122 cm³/mol. The fourth-order valence-corrected chi connectivity index (χ4v) is 2.90. The number of methoxy groups -OCH3 is 1. The van der Waals surface area contributed by atoms with Crippen LogP contribution in [0.25, 0.3) is 0 Å². The van der Waals surface area contributed by atoms with E-state index in [1.54, 1.807) is 19.2 Å². The number of pyridine rings is 1. The molecule has 1 amide bonds. The summed E-state index contributed by atoms with van der Waals surface area (Å²) in [6, 6.07) is 8.94. The molecule has 1 saturated heterocycles. The maximum atomic E-state index is 11.1. The van der Waals surface area contributed by atoms with Crippen LogP contribution in [0, 0.1) is 0 Å². The summed E-state index contributed by atoms with van der Waals surface area (Å²) in [5.74, 6) is 1.01. The standard InChI is InChI=1S/C20H26N4O4.CH4O3S/c1-26-18-12-15(13-22-6-7-24-8-10-27-11-9-24)2-4-17(18)28-19-5-3-16(14-23-19)20(21)25;1-5(2,3)4/h2-5,12,14,22H,6-11,13H2,1H3,(H2,21,25);1H3,(H,2,3,4). The van der Waals surface area contributed by atoms with Crippen LogP contribution in [0.5, 0.6) is 17.4 Å². The second kappa shape index (κ2) is 13.1. The lowest BCUT2D eigenvalue weighted by Crippen LogP contribution is -2.40. The van der Waals surface area contributed by atoms with Crippen LogP contribution in [0.3, 0.4) is 0 Å². The summed E-state index contributed by atoms with van der Waals surface area (Å²) in [5, 5.41) is 3.45. The van der Waals surface area contributed by atoms with Crippen LogP contribution in [-0.2, 0) is 21.4 Å². The van der Waals surface area contributed by atoms with Crippen LogP contribution in [0.15, 0.2) is 36.5 Å². The molecule has 0 aliphatic carbocycles. The molecule has 1 aromatic heterocycles. The van der Waals surface area contributed by atoms with Gasteiger partial charge in [-0.3, -0.25) is 14.2 Å². The van der Waals surface area contributed by atoms with E-state index in [1.807, 2.05) is 18.2 Å².